The molecule has 0 radical (unpaired) electrons. The van der Waals surface area contributed by atoms with Gasteiger partial charge in [-0.2, -0.15) is 0 Å². The summed E-state index contributed by atoms with van der Waals surface area (Å²) in [5.41, 5.74) is 5.36. The number of carbonyl (C=O) groups excluding carboxylic acids is 3. The molecule has 1 rings (SSSR count). The third-order valence-electron chi connectivity index (χ3n) is 3.61. The lowest BCUT2D eigenvalue weighted by molar-refractivity contribution is -0.142. The molecule has 0 aromatic heterocycles. The number of primary amides is 1. The van der Waals surface area contributed by atoms with E-state index in [-0.39, 0.29) is 5.92 Å². The monoisotopic (exact) mass is 283 g/mol. The van der Waals surface area contributed by atoms with Crippen molar-refractivity contribution in [3.8, 4) is 0 Å². The predicted molar refractivity (Wildman–Crippen MR) is 75.9 cm³/mol. The molecule has 20 heavy (non-hydrogen) atoms. The average Bonchev–Trinajstić information content (AvgIpc) is 2.85. The summed E-state index contributed by atoms with van der Waals surface area (Å²) < 4.78 is 0. The molecule has 0 aromatic carbocycles. The van der Waals surface area contributed by atoms with Crippen LogP contribution in [0.1, 0.15) is 40.0 Å². The highest BCUT2D eigenvalue weighted by Gasteiger charge is 2.38. The molecular weight excluding hydrogens is 258 g/mol. The first-order valence-electron chi connectivity index (χ1n) is 7.25. The fourth-order valence-electron chi connectivity index (χ4n) is 2.57. The second-order valence-corrected chi connectivity index (χ2v) is 5.69. The van der Waals surface area contributed by atoms with Gasteiger partial charge in [0.15, 0.2) is 0 Å². The number of amides is 2. The molecule has 0 spiro atoms. The Hall–Kier alpha value is -1.43. The number of rotatable bonds is 7. The number of ketones is 1. The van der Waals surface area contributed by atoms with Crippen LogP contribution in [0.3, 0.4) is 0 Å². The summed E-state index contributed by atoms with van der Waals surface area (Å²) in [5.74, 6) is -1.17. The van der Waals surface area contributed by atoms with Crippen LogP contribution in [0.15, 0.2) is 0 Å². The van der Waals surface area contributed by atoms with E-state index in [1.807, 2.05) is 20.8 Å². The van der Waals surface area contributed by atoms with E-state index in [0.29, 0.717) is 25.9 Å². The van der Waals surface area contributed by atoms with Gasteiger partial charge in [0.2, 0.25) is 11.7 Å². The van der Waals surface area contributed by atoms with Crippen LogP contribution in [0.5, 0.6) is 0 Å². The highest BCUT2D eigenvalue weighted by molar-refractivity contribution is 6.38. The van der Waals surface area contributed by atoms with Crippen molar-refractivity contribution in [2.45, 2.75) is 52.1 Å². The molecule has 0 aliphatic carbocycles. The summed E-state index contributed by atoms with van der Waals surface area (Å²) in [5, 5.41) is 2.63. The average molecular weight is 283 g/mol. The molecule has 6 nitrogen and oxygen atoms in total. The second-order valence-electron chi connectivity index (χ2n) is 5.69. The van der Waals surface area contributed by atoms with Crippen molar-refractivity contribution in [1.29, 1.82) is 0 Å². The molecule has 0 aromatic rings. The molecule has 1 aliphatic heterocycles. The molecule has 1 saturated heterocycles. The van der Waals surface area contributed by atoms with E-state index < -0.39 is 29.7 Å². The van der Waals surface area contributed by atoms with Crippen molar-refractivity contribution in [3.05, 3.63) is 0 Å². The Labute approximate surface area is 120 Å². The number of carbonyl (C=O) groups is 3. The molecule has 1 unspecified atom stereocenters. The summed E-state index contributed by atoms with van der Waals surface area (Å²) >= 11 is 0. The first-order valence-corrected chi connectivity index (χ1v) is 7.25. The van der Waals surface area contributed by atoms with E-state index in [1.54, 1.807) is 4.90 Å². The molecule has 1 heterocycles. The number of nitrogens with zero attached hydrogens (tertiary/aromatic N) is 1. The van der Waals surface area contributed by atoms with Crippen LogP contribution < -0.4 is 11.1 Å². The van der Waals surface area contributed by atoms with Crippen LogP contribution in [-0.4, -0.2) is 47.7 Å². The zero-order chi connectivity index (χ0) is 15.3. The van der Waals surface area contributed by atoms with Crippen molar-refractivity contribution >= 4 is 17.6 Å². The molecule has 3 N–H and O–H groups in total. The van der Waals surface area contributed by atoms with Gasteiger partial charge >= 0.3 is 0 Å². The Morgan fingerprint density at radius 2 is 2.00 bits per heavy atom. The predicted octanol–water partition coefficient (Wildman–Crippen LogP) is 0.0560. The van der Waals surface area contributed by atoms with Crippen LogP contribution in [0.4, 0.5) is 0 Å². The summed E-state index contributed by atoms with van der Waals surface area (Å²) in [6.07, 6.45) is 1.98. The lowest BCUT2D eigenvalue weighted by atomic mass is 10.1. The smallest absolute Gasteiger partial charge is 0.289 e. The van der Waals surface area contributed by atoms with Gasteiger partial charge in [-0.15, -0.1) is 0 Å². The summed E-state index contributed by atoms with van der Waals surface area (Å²) in [6, 6.07) is -0.982. The first-order chi connectivity index (χ1) is 9.38. The molecular formula is C14H25N3O3. The van der Waals surface area contributed by atoms with Crippen molar-refractivity contribution < 1.29 is 14.4 Å². The SMILES string of the molecule is CC[C@@H](C(=O)C(=O)NCC(C)C)N1CCCC1C(N)=O. The minimum atomic E-state index is -0.569. The fourth-order valence-corrected chi connectivity index (χ4v) is 2.57. The second kappa shape index (κ2) is 7.38. The maximum Gasteiger partial charge on any atom is 0.289 e. The van der Waals surface area contributed by atoms with E-state index in [9.17, 15) is 14.4 Å². The van der Waals surface area contributed by atoms with Gasteiger partial charge in [-0.05, 0) is 31.7 Å². The quantitative estimate of drug-likeness (QED) is 0.646. The van der Waals surface area contributed by atoms with E-state index >= 15 is 0 Å². The molecule has 2 amide bonds. The summed E-state index contributed by atoms with van der Waals surface area (Å²) in [4.78, 5) is 37.3. The van der Waals surface area contributed by atoms with Crippen molar-refractivity contribution in [2.75, 3.05) is 13.1 Å². The Kier molecular flexibility index (Phi) is 6.13. The summed E-state index contributed by atoms with van der Waals surface area (Å²) in [7, 11) is 0. The zero-order valence-corrected chi connectivity index (χ0v) is 12.5. The van der Waals surface area contributed by atoms with E-state index in [4.69, 9.17) is 5.73 Å². The van der Waals surface area contributed by atoms with Gasteiger partial charge in [0.1, 0.15) is 0 Å². The van der Waals surface area contributed by atoms with Gasteiger partial charge in [0.05, 0.1) is 12.1 Å². The normalized spacial score (nSPS) is 20.9. The van der Waals surface area contributed by atoms with Gasteiger partial charge in [-0.1, -0.05) is 20.8 Å². The highest BCUT2D eigenvalue weighted by Crippen LogP contribution is 2.22. The number of likely N-dealkylation sites (tertiary alicyclic amines) is 1. The Morgan fingerprint density at radius 3 is 2.50 bits per heavy atom. The van der Waals surface area contributed by atoms with E-state index in [0.717, 1.165) is 6.42 Å². The standard InChI is InChI=1S/C14H25N3O3/c1-4-10(12(18)14(20)16-8-9(2)3)17-7-5-6-11(17)13(15)19/h9-11H,4-8H2,1-3H3,(H2,15,19)(H,16,20)/t10-,11?/m0/s1. The molecule has 2 atom stereocenters. The number of Topliss-reactive ketones (excluding diaryl/α,β-unsaturated/α-hetero) is 1. The third kappa shape index (κ3) is 4.03. The van der Waals surface area contributed by atoms with Crippen molar-refractivity contribution in [2.24, 2.45) is 11.7 Å². The lowest BCUT2D eigenvalue weighted by Gasteiger charge is -2.29. The van der Waals surface area contributed by atoms with Crippen LogP contribution in [0, 0.1) is 5.92 Å². The van der Waals surface area contributed by atoms with Gasteiger partial charge in [0, 0.05) is 6.54 Å². The van der Waals surface area contributed by atoms with Gasteiger partial charge < -0.3 is 11.1 Å². The van der Waals surface area contributed by atoms with Crippen LogP contribution in [0.25, 0.3) is 0 Å². The van der Waals surface area contributed by atoms with E-state index in [2.05, 4.69) is 5.32 Å². The number of hydrogen-bond donors (Lipinski definition) is 2. The third-order valence-corrected chi connectivity index (χ3v) is 3.61. The largest absolute Gasteiger partial charge is 0.368 e. The first kappa shape index (κ1) is 16.6. The van der Waals surface area contributed by atoms with Crippen LogP contribution >= 0.6 is 0 Å². The Morgan fingerprint density at radius 1 is 1.35 bits per heavy atom. The van der Waals surface area contributed by atoms with Crippen LogP contribution in [-0.2, 0) is 14.4 Å². The Balaban J connectivity index is 2.71. The maximum atomic E-state index is 12.2. The van der Waals surface area contributed by atoms with Crippen molar-refractivity contribution in [3.63, 3.8) is 0 Å². The molecule has 1 fully saturated rings. The van der Waals surface area contributed by atoms with Gasteiger partial charge in [-0.25, -0.2) is 0 Å². The van der Waals surface area contributed by atoms with Crippen LogP contribution in [0.2, 0.25) is 0 Å². The van der Waals surface area contributed by atoms with Gasteiger partial charge in [0.25, 0.3) is 5.91 Å². The molecule has 1 aliphatic rings. The lowest BCUT2D eigenvalue weighted by Crippen LogP contribution is -2.52. The number of nitrogens with one attached hydrogen (secondary N) is 1. The minimum absolute atomic E-state index is 0.289. The highest BCUT2D eigenvalue weighted by atomic mass is 16.2. The van der Waals surface area contributed by atoms with E-state index in [1.165, 1.54) is 0 Å². The molecule has 6 heteroatoms. The van der Waals surface area contributed by atoms with Gasteiger partial charge in [-0.3, -0.25) is 19.3 Å². The fraction of sp³-hybridized carbons (Fsp3) is 0.786. The zero-order valence-electron chi connectivity index (χ0n) is 12.5. The maximum absolute atomic E-state index is 12.2. The molecule has 114 valence electrons. The number of hydrogen-bond acceptors (Lipinski definition) is 4. The minimum Gasteiger partial charge on any atom is -0.368 e. The summed E-state index contributed by atoms with van der Waals surface area (Å²) in [6.45, 7) is 6.88. The molecule has 0 saturated carbocycles. The molecule has 0 bridgehead atoms. The Bertz CT molecular complexity index is 382. The topological polar surface area (TPSA) is 92.5 Å². The van der Waals surface area contributed by atoms with Crippen molar-refractivity contribution in [1.82, 2.24) is 10.2 Å². The number of nitrogens with two attached hydrogens (primary N) is 1.